The molecule has 0 heterocycles. The zero-order chi connectivity index (χ0) is 19.1. The first kappa shape index (κ1) is 19.2. The zero-order valence-electron chi connectivity index (χ0n) is 15.0. The molecule has 1 unspecified atom stereocenters. The third kappa shape index (κ3) is 4.38. The number of esters is 1. The Kier molecular flexibility index (Phi) is 6.28. The van der Waals surface area contributed by atoms with Gasteiger partial charge in [-0.05, 0) is 23.6 Å². The van der Waals surface area contributed by atoms with Gasteiger partial charge in [-0.15, -0.1) is 0 Å². The number of benzene rings is 3. The normalized spacial score (nSPS) is 12.4. The maximum atomic E-state index is 12.2. The van der Waals surface area contributed by atoms with Crippen LogP contribution < -0.4 is 0 Å². The summed E-state index contributed by atoms with van der Waals surface area (Å²) in [4.78, 5) is 12.2. The van der Waals surface area contributed by atoms with Crippen molar-refractivity contribution in [2.24, 2.45) is 0 Å². The van der Waals surface area contributed by atoms with Crippen LogP contribution in [0, 0.1) is 0 Å². The van der Waals surface area contributed by atoms with Gasteiger partial charge in [0.2, 0.25) is 0 Å². The topological polar surface area (TPSA) is 35.5 Å². The van der Waals surface area contributed by atoms with Gasteiger partial charge in [0.1, 0.15) is 12.2 Å². The van der Waals surface area contributed by atoms with Gasteiger partial charge in [0.25, 0.3) is 0 Å². The van der Waals surface area contributed by atoms with E-state index in [0.29, 0.717) is 0 Å². The lowest BCUT2D eigenvalue weighted by Crippen LogP contribution is -2.35. The van der Waals surface area contributed by atoms with E-state index in [1.807, 2.05) is 91.0 Å². The van der Waals surface area contributed by atoms with Crippen molar-refractivity contribution >= 4 is 17.6 Å². The number of hydrogen-bond acceptors (Lipinski definition) is 3. The Morgan fingerprint density at radius 1 is 0.815 bits per heavy atom. The molecule has 3 rings (SSSR count). The van der Waals surface area contributed by atoms with Crippen molar-refractivity contribution in [3.8, 4) is 0 Å². The molecule has 0 aliphatic carbocycles. The highest BCUT2D eigenvalue weighted by Crippen LogP contribution is 2.40. The molecule has 0 fully saturated rings. The maximum absolute atomic E-state index is 12.2. The quantitative estimate of drug-likeness (QED) is 0.324. The molecule has 0 saturated carbocycles. The summed E-state index contributed by atoms with van der Waals surface area (Å²) in [6, 6.07) is 29.6. The molecule has 3 nitrogen and oxygen atoms in total. The van der Waals surface area contributed by atoms with E-state index in [9.17, 15) is 4.79 Å². The molecule has 3 aromatic rings. The molecule has 0 saturated heterocycles. The zero-order valence-corrected chi connectivity index (χ0v) is 15.8. The minimum atomic E-state index is -0.946. The molecule has 1 atom stereocenters. The van der Waals surface area contributed by atoms with Crippen LogP contribution in [0.2, 0.25) is 0 Å². The van der Waals surface area contributed by atoms with E-state index in [4.69, 9.17) is 21.1 Å². The molecule has 0 bridgehead atoms. The SMILES string of the molecule is CC(Cl)OC(=O)COC(c1ccccc1)(c1ccccc1)c1ccccc1. The van der Waals surface area contributed by atoms with E-state index in [2.05, 4.69) is 0 Å². The first-order valence-electron chi connectivity index (χ1n) is 8.77. The molecule has 0 amide bonds. The van der Waals surface area contributed by atoms with Gasteiger partial charge >= 0.3 is 5.97 Å². The molecule has 0 aliphatic heterocycles. The van der Waals surface area contributed by atoms with Crippen LogP contribution in [0.4, 0.5) is 0 Å². The summed E-state index contributed by atoms with van der Waals surface area (Å²) in [6.45, 7) is 1.37. The first-order chi connectivity index (χ1) is 13.1. The molecule has 138 valence electrons. The van der Waals surface area contributed by atoms with E-state index in [-0.39, 0.29) is 6.61 Å². The van der Waals surface area contributed by atoms with Crippen molar-refractivity contribution in [3.05, 3.63) is 108 Å². The Balaban J connectivity index is 2.12. The summed E-state index contributed by atoms with van der Waals surface area (Å²) < 4.78 is 11.4. The van der Waals surface area contributed by atoms with Gasteiger partial charge in [-0.1, -0.05) is 103 Å². The van der Waals surface area contributed by atoms with Crippen LogP contribution in [0.1, 0.15) is 23.6 Å². The van der Waals surface area contributed by atoms with Crippen molar-refractivity contribution in [1.29, 1.82) is 0 Å². The fourth-order valence-electron chi connectivity index (χ4n) is 3.15. The minimum absolute atomic E-state index is 0.226. The summed E-state index contributed by atoms with van der Waals surface area (Å²) in [5.74, 6) is -0.510. The highest BCUT2D eigenvalue weighted by molar-refractivity contribution is 6.19. The van der Waals surface area contributed by atoms with Crippen LogP contribution in [-0.4, -0.2) is 18.1 Å². The second-order valence-electron chi connectivity index (χ2n) is 6.10. The number of alkyl halides is 1. The molecule has 3 aromatic carbocycles. The smallest absolute Gasteiger partial charge is 0.333 e. The van der Waals surface area contributed by atoms with E-state index < -0.39 is 17.1 Å². The summed E-state index contributed by atoms with van der Waals surface area (Å²) in [5.41, 5.74) is 1.12. The predicted octanol–water partition coefficient (Wildman–Crippen LogP) is 5.12. The minimum Gasteiger partial charge on any atom is -0.445 e. The standard InChI is InChI=1S/C23H21ClO3/c1-18(24)27-22(25)17-26-23(19-11-5-2-6-12-19,20-13-7-3-8-14-20)21-15-9-4-10-16-21/h2-16,18H,17H2,1H3. The predicted molar refractivity (Wildman–Crippen MR) is 107 cm³/mol. The third-order valence-electron chi connectivity index (χ3n) is 4.24. The Morgan fingerprint density at radius 3 is 1.52 bits per heavy atom. The summed E-state index contributed by atoms with van der Waals surface area (Å²) in [5, 5.41) is 0. The maximum Gasteiger partial charge on any atom is 0.333 e. The Morgan fingerprint density at radius 2 is 1.19 bits per heavy atom. The Labute approximate surface area is 164 Å². The number of halogens is 1. The van der Waals surface area contributed by atoms with Gasteiger partial charge in [0.15, 0.2) is 5.56 Å². The van der Waals surface area contributed by atoms with E-state index >= 15 is 0 Å². The Hall–Kier alpha value is -2.62. The highest BCUT2D eigenvalue weighted by Gasteiger charge is 2.38. The van der Waals surface area contributed by atoms with Gasteiger partial charge in [-0.3, -0.25) is 0 Å². The number of hydrogen-bond donors (Lipinski definition) is 0. The lowest BCUT2D eigenvalue weighted by molar-refractivity contribution is -0.154. The van der Waals surface area contributed by atoms with Gasteiger partial charge in [0, 0.05) is 0 Å². The van der Waals surface area contributed by atoms with Crippen LogP contribution in [-0.2, 0) is 19.9 Å². The Bertz CT molecular complexity index is 752. The average Bonchev–Trinajstić information content (AvgIpc) is 2.70. The van der Waals surface area contributed by atoms with Gasteiger partial charge in [-0.2, -0.15) is 0 Å². The molecule has 0 spiro atoms. The lowest BCUT2D eigenvalue weighted by Gasteiger charge is -2.35. The number of ether oxygens (including phenoxy) is 2. The molecule has 0 aliphatic rings. The van der Waals surface area contributed by atoms with E-state index in [1.54, 1.807) is 6.92 Å². The molecule has 0 N–H and O–H groups in total. The van der Waals surface area contributed by atoms with Crippen LogP contribution in [0.5, 0.6) is 0 Å². The first-order valence-corrected chi connectivity index (χ1v) is 9.20. The van der Waals surface area contributed by atoms with Crippen molar-refractivity contribution in [1.82, 2.24) is 0 Å². The molecular formula is C23H21ClO3. The molecular weight excluding hydrogens is 360 g/mol. The lowest BCUT2D eigenvalue weighted by atomic mass is 9.80. The number of rotatable bonds is 7. The number of carbonyl (C=O) groups is 1. The molecule has 0 aromatic heterocycles. The largest absolute Gasteiger partial charge is 0.445 e. The van der Waals surface area contributed by atoms with Crippen molar-refractivity contribution < 1.29 is 14.3 Å². The van der Waals surface area contributed by atoms with Crippen LogP contribution in [0.25, 0.3) is 0 Å². The second-order valence-corrected chi connectivity index (χ2v) is 6.72. The van der Waals surface area contributed by atoms with Gasteiger partial charge in [-0.25, -0.2) is 4.79 Å². The van der Waals surface area contributed by atoms with Crippen molar-refractivity contribution in [3.63, 3.8) is 0 Å². The fourth-order valence-corrected chi connectivity index (χ4v) is 3.25. The summed E-state index contributed by atoms with van der Waals surface area (Å²) in [7, 11) is 0. The van der Waals surface area contributed by atoms with Gasteiger partial charge < -0.3 is 9.47 Å². The van der Waals surface area contributed by atoms with Crippen LogP contribution >= 0.6 is 11.6 Å². The van der Waals surface area contributed by atoms with Crippen molar-refractivity contribution in [2.45, 2.75) is 18.1 Å². The summed E-state index contributed by atoms with van der Waals surface area (Å²) >= 11 is 5.78. The molecule has 4 heteroatoms. The van der Waals surface area contributed by atoms with Crippen molar-refractivity contribution in [2.75, 3.05) is 6.61 Å². The third-order valence-corrected chi connectivity index (χ3v) is 4.33. The van der Waals surface area contributed by atoms with Gasteiger partial charge in [0.05, 0.1) is 0 Å². The molecule has 0 radical (unpaired) electrons. The molecule has 27 heavy (non-hydrogen) atoms. The highest BCUT2D eigenvalue weighted by atomic mass is 35.5. The fraction of sp³-hybridized carbons (Fsp3) is 0.174. The average molecular weight is 381 g/mol. The number of carbonyl (C=O) groups excluding carboxylic acids is 1. The summed E-state index contributed by atoms with van der Waals surface area (Å²) in [6.07, 6.45) is 0. The second kappa shape index (κ2) is 8.85. The van der Waals surface area contributed by atoms with Crippen LogP contribution in [0.15, 0.2) is 91.0 Å². The van der Waals surface area contributed by atoms with E-state index in [0.717, 1.165) is 16.7 Å². The monoisotopic (exact) mass is 380 g/mol. The van der Waals surface area contributed by atoms with Crippen LogP contribution in [0.3, 0.4) is 0 Å². The van der Waals surface area contributed by atoms with E-state index in [1.165, 1.54) is 0 Å².